The van der Waals surface area contributed by atoms with Crippen molar-refractivity contribution in [2.24, 2.45) is 5.92 Å². The van der Waals surface area contributed by atoms with Crippen LogP contribution in [0.3, 0.4) is 0 Å². The van der Waals surface area contributed by atoms with Crippen molar-refractivity contribution in [1.82, 2.24) is 0 Å². The highest BCUT2D eigenvalue weighted by molar-refractivity contribution is 5.60. The Hall–Kier alpha value is -0.730. The van der Waals surface area contributed by atoms with Crippen LogP contribution < -0.4 is 0 Å². The van der Waals surface area contributed by atoms with Gasteiger partial charge in [0.1, 0.15) is 6.10 Å². The van der Waals surface area contributed by atoms with Crippen molar-refractivity contribution >= 4 is 6.16 Å². The summed E-state index contributed by atoms with van der Waals surface area (Å²) in [5.41, 5.74) is 0. The van der Waals surface area contributed by atoms with E-state index in [4.69, 9.17) is 9.47 Å². The van der Waals surface area contributed by atoms with Crippen LogP contribution in [0.25, 0.3) is 0 Å². The SMILES string of the molecule is CCC(C)COC(=O)OC(C)CC. The molecule has 0 spiro atoms. The van der Waals surface area contributed by atoms with Crippen molar-refractivity contribution in [3.63, 3.8) is 0 Å². The summed E-state index contributed by atoms with van der Waals surface area (Å²) in [5.74, 6) is 0.407. The summed E-state index contributed by atoms with van der Waals surface area (Å²) in [6.45, 7) is 8.37. The van der Waals surface area contributed by atoms with Crippen LogP contribution in [0.15, 0.2) is 0 Å². The number of carbonyl (C=O) groups is 1. The Bertz CT molecular complexity index is 145. The summed E-state index contributed by atoms with van der Waals surface area (Å²) < 4.78 is 9.84. The van der Waals surface area contributed by atoms with E-state index < -0.39 is 6.16 Å². The number of carbonyl (C=O) groups excluding carboxylic acids is 1. The van der Waals surface area contributed by atoms with Crippen LogP contribution >= 0.6 is 0 Å². The molecule has 13 heavy (non-hydrogen) atoms. The molecule has 0 aliphatic rings. The third-order valence-electron chi connectivity index (χ3n) is 2.05. The molecule has 0 aromatic rings. The maximum atomic E-state index is 11.0. The number of ether oxygens (including phenoxy) is 2. The number of rotatable bonds is 5. The van der Waals surface area contributed by atoms with E-state index in [2.05, 4.69) is 6.92 Å². The first kappa shape index (κ1) is 12.3. The van der Waals surface area contributed by atoms with Crippen LogP contribution in [0.4, 0.5) is 4.79 Å². The molecule has 0 aromatic carbocycles. The molecular formula is C10H20O3. The molecule has 0 saturated carbocycles. The van der Waals surface area contributed by atoms with Crippen molar-refractivity contribution in [1.29, 1.82) is 0 Å². The Morgan fingerprint density at radius 3 is 2.31 bits per heavy atom. The molecular weight excluding hydrogens is 168 g/mol. The molecule has 0 fully saturated rings. The van der Waals surface area contributed by atoms with Crippen molar-refractivity contribution in [2.75, 3.05) is 6.61 Å². The maximum absolute atomic E-state index is 11.0. The fraction of sp³-hybridized carbons (Fsp3) is 0.900. The molecule has 0 radical (unpaired) electrons. The van der Waals surface area contributed by atoms with Crippen molar-refractivity contribution < 1.29 is 14.3 Å². The van der Waals surface area contributed by atoms with E-state index in [0.717, 1.165) is 12.8 Å². The summed E-state index contributed by atoms with van der Waals surface area (Å²) in [4.78, 5) is 11.0. The van der Waals surface area contributed by atoms with Gasteiger partial charge in [-0.25, -0.2) is 4.79 Å². The zero-order valence-electron chi connectivity index (χ0n) is 9.00. The second-order valence-corrected chi connectivity index (χ2v) is 3.41. The quantitative estimate of drug-likeness (QED) is 0.622. The molecule has 0 bridgehead atoms. The average Bonchev–Trinajstić information content (AvgIpc) is 2.13. The molecule has 0 rings (SSSR count). The minimum Gasteiger partial charge on any atom is -0.434 e. The Kier molecular flexibility index (Phi) is 6.37. The van der Waals surface area contributed by atoms with Crippen LogP contribution in [0, 0.1) is 5.92 Å². The van der Waals surface area contributed by atoms with Crippen molar-refractivity contribution in [3.8, 4) is 0 Å². The molecule has 0 aliphatic carbocycles. The van der Waals surface area contributed by atoms with Gasteiger partial charge in [0, 0.05) is 0 Å². The Morgan fingerprint density at radius 2 is 1.85 bits per heavy atom. The molecule has 0 heterocycles. The summed E-state index contributed by atoms with van der Waals surface area (Å²) >= 11 is 0. The van der Waals surface area contributed by atoms with E-state index >= 15 is 0 Å². The van der Waals surface area contributed by atoms with Gasteiger partial charge in [0.2, 0.25) is 0 Å². The predicted octanol–water partition coefficient (Wildman–Crippen LogP) is 2.98. The second kappa shape index (κ2) is 6.75. The van der Waals surface area contributed by atoms with Gasteiger partial charge in [-0.3, -0.25) is 0 Å². The van der Waals surface area contributed by atoms with Crippen LogP contribution in [-0.4, -0.2) is 18.9 Å². The molecule has 0 N–H and O–H groups in total. The van der Waals surface area contributed by atoms with E-state index in [1.807, 2.05) is 20.8 Å². The smallest absolute Gasteiger partial charge is 0.434 e. The van der Waals surface area contributed by atoms with Crippen LogP contribution in [0.1, 0.15) is 40.5 Å². The Labute approximate surface area is 80.4 Å². The third-order valence-corrected chi connectivity index (χ3v) is 2.05. The fourth-order valence-corrected chi connectivity index (χ4v) is 0.610. The van der Waals surface area contributed by atoms with Gasteiger partial charge in [-0.2, -0.15) is 0 Å². The second-order valence-electron chi connectivity index (χ2n) is 3.41. The Balaban J connectivity index is 3.51. The van der Waals surface area contributed by atoms with Gasteiger partial charge in [0.15, 0.2) is 0 Å². The lowest BCUT2D eigenvalue weighted by molar-refractivity contribution is 0.0206. The van der Waals surface area contributed by atoms with Crippen LogP contribution in [0.2, 0.25) is 0 Å². The van der Waals surface area contributed by atoms with E-state index in [9.17, 15) is 4.79 Å². The monoisotopic (exact) mass is 188 g/mol. The fourth-order valence-electron chi connectivity index (χ4n) is 0.610. The highest BCUT2D eigenvalue weighted by Gasteiger charge is 2.09. The highest BCUT2D eigenvalue weighted by atomic mass is 16.7. The zero-order chi connectivity index (χ0) is 10.3. The number of hydrogen-bond donors (Lipinski definition) is 0. The molecule has 0 amide bonds. The first-order valence-electron chi connectivity index (χ1n) is 4.93. The summed E-state index contributed by atoms with van der Waals surface area (Å²) in [5, 5.41) is 0. The Morgan fingerprint density at radius 1 is 1.23 bits per heavy atom. The minimum absolute atomic E-state index is 0.0515. The van der Waals surface area contributed by atoms with E-state index in [-0.39, 0.29) is 6.10 Å². The highest BCUT2D eigenvalue weighted by Crippen LogP contribution is 2.03. The standard InChI is InChI=1S/C10H20O3/c1-5-8(3)7-12-10(11)13-9(4)6-2/h8-9H,5-7H2,1-4H3. The van der Waals surface area contributed by atoms with Gasteiger partial charge in [-0.1, -0.05) is 27.2 Å². The molecule has 0 aliphatic heterocycles. The normalized spacial score (nSPS) is 14.8. The van der Waals surface area contributed by atoms with Gasteiger partial charge < -0.3 is 9.47 Å². The lowest BCUT2D eigenvalue weighted by Gasteiger charge is -2.12. The lowest BCUT2D eigenvalue weighted by Crippen LogP contribution is -2.17. The van der Waals surface area contributed by atoms with Gasteiger partial charge in [0.25, 0.3) is 0 Å². The van der Waals surface area contributed by atoms with Gasteiger partial charge in [0.05, 0.1) is 6.61 Å². The molecule has 3 nitrogen and oxygen atoms in total. The van der Waals surface area contributed by atoms with Crippen LogP contribution in [-0.2, 0) is 9.47 Å². The molecule has 2 atom stereocenters. The average molecular weight is 188 g/mol. The summed E-state index contributed by atoms with van der Waals surface area (Å²) in [7, 11) is 0. The largest absolute Gasteiger partial charge is 0.508 e. The van der Waals surface area contributed by atoms with Crippen LogP contribution in [0.5, 0.6) is 0 Å². The van der Waals surface area contributed by atoms with Gasteiger partial charge in [-0.15, -0.1) is 0 Å². The molecule has 3 heteroatoms. The van der Waals surface area contributed by atoms with Gasteiger partial charge >= 0.3 is 6.16 Å². The first-order chi connectivity index (χ1) is 6.10. The zero-order valence-corrected chi connectivity index (χ0v) is 9.00. The first-order valence-corrected chi connectivity index (χ1v) is 4.93. The predicted molar refractivity (Wildman–Crippen MR) is 51.6 cm³/mol. The molecule has 0 saturated heterocycles. The summed E-state index contributed by atoms with van der Waals surface area (Å²) in [6.07, 6.45) is 1.23. The molecule has 2 unspecified atom stereocenters. The van der Waals surface area contributed by atoms with E-state index in [1.165, 1.54) is 0 Å². The minimum atomic E-state index is -0.547. The molecule has 0 aromatic heterocycles. The van der Waals surface area contributed by atoms with Crippen molar-refractivity contribution in [2.45, 2.75) is 46.6 Å². The summed E-state index contributed by atoms with van der Waals surface area (Å²) in [6, 6.07) is 0. The topological polar surface area (TPSA) is 35.5 Å². The van der Waals surface area contributed by atoms with E-state index in [0.29, 0.717) is 12.5 Å². The third kappa shape index (κ3) is 6.43. The van der Waals surface area contributed by atoms with Crippen molar-refractivity contribution in [3.05, 3.63) is 0 Å². The number of hydrogen-bond acceptors (Lipinski definition) is 3. The lowest BCUT2D eigenvalue weighted by atomic mass is 10.1. The van der Waals surface area contributed by atoms with E-state index in [1.54, 1.807) is 0 Å². The maximum Gasteiger partial charge on any atom is 0.508 e. The molecule has 78 valence electrons. The van der Waals surface area contributed by atoms with Gasteiger partial charge in [-0.05, 0) is 19.3 Å².